The summed E-state index contributed by atoms with van der Waals surface area (Å²) in [5.74, 6) is 1.84. The minimum absolute atomic E-state index is 0.102. The molecule has 0 aromatic heterocycles. The highest BCUT2D eigenvalue weighted by Crippen LogP contribution is 2.68. The third-order valence-electron chi connectivity index (χ3n) is 10.8. The number of hydrogen-bond donors (Lipinski definition) is 4. The highest BCUT2D eigenvalue weighted by molar-refractivity contribution is 5.81. The number of aliphatic carboxylic acids is 1. The summed E-state index contributed by atoms with van der Waals surface area (Å²) in [7, 11) is 0. The number of carbonyl (C=O) groups is 2. The smallest absolute Gasteiger partial charge is 0.322 e. The minimum atomic E-state index is -1.02. The number of aliphatic hydroxyl groups excluding tert-OH is 2. The van der Waals surface area contributed by atoms with E-state index in [1.54, 1.807) is 0 Å². The van der Waals surface area contributed by atoms with E-state index in [0.717, 1.165) is 44.9 Å². The Bertz CT molecular complexity index is 727. The Kier molecular flexibility index (Phi) is 6.68. The first kappa shape index (κ1) is 24.0. The van der Waals surface area contributed by atoms with Gasteiger partial charge in [0.1, 0.15) is 6.54 Å². The normalized spacial score (nSPS) is 46.5. The van der Waals surface area contributed by atoms with Gasteiger partial charge in [-0.25, -0.2) is 0 Å². The fourth-order valence-corrected chi connectivity index (χ4v) is 8.98. The molecular weight excluding hydrogens is 406 g/mol. The van der Waals surface area contributed by atoms with Gasteiger partial charge in [0.25, 0.3) is 0 Å². The monoisotopic (exact) mass is 449 g/mol. The third-order valence-corrected chi connectivity index (χ3v) is 10.8. The Balaban J connectivity index is 1.45. The molecule has 0 heterocycles. The molecule has 1 amide bonds. The number of fused-ring (bicyclic) bond motifs is 5. The molecule has 4 aliphatic rings. The van der Waals surface area contributed by atoms with Crippen LogP contribution in [-0.4, -0.2) is 45.9 Å². The van der Waals surface area contributed by atoms with Crippen molar-refractivity contribution in [2.75, 3.05) is 6.54 Å². The molecule has 6 nitrogen and oxygen atoms in total. The van der Waals surface area contributed by atoms with Crippen LogP contribution in [0.4, 0.5) is 0 Å². The van der Waals surface area contributed by atoms with E-state index in [1.807, 2.05) is 0 Å². The summed E-state index contributed by atoms with van der Waals surface area (Å²) in [6.07, 6.45) is 9.12. The van der Waals surface area contributed by atoms with E-state index in [-0.39, 0.29) is 35.5 Å². The number of rotatable bonds is 6. The van der Waals surface area contributed by atoms with Gasteiger partial charge in [0, 0.05) is 6.42 Å². The second-order valence-electron chi connectivity index (χ2n) is 12.1. The van der Waals surface area contributed by atoms with Crippen molar-refractivity contribution in [3.63, 3.8) is 0 Å². The van der Waals surface area contributed by atoms with Crippen molar-refractivity contribution in [1.82, 2.24) is 5.32 Å². The Labute approximate surface area is 192 Å². The molecule has 4 aliphatic carbocycles. The minimum Gasteiger partial charge on any atom is -0.480 e. The van der Waals surface area contributed by atoms with E-state index in [0.29, 0.717) is 41.9 Å². The van der Waals surface area contributed by atoms with Gasteiger partial charge in [-0.3, -0.25) is 9.59 Å². The van der Waals surface area contributed by atoms with Crippen LogP contribution in [0.3, 0.4) is 0 Å². The average molecular weight is 450 g/mol. The number of amides is 1. The zero-order chi connectivity index (χ0) is 23.3. The maximum atomic E-state index is 12.0. The summed E-state index contributed by atoms with van der Waals surface area (Å²) in [4.78, 5) is 22.7. The second kappa shape index (κ2) is 8.90. The first-order valence-electron chi connectivity index (χ1n) is 12.9. The van der Waals surface area contributed by atoms with E-state index in [2.05, 4.69) is 26.1 Å². The second-order valence-corrected chi connectivity index (χ2v) is 12.1. The van der Waals surface area contributed by atoms with Crippen molar-refractivity contribution in [2.45, 2.75) is 97.2 Å². The Morgan fingerprint density at radius 2 is 1.78 bits per heavy atom. The molecule has 10 atom stereocenters. The summed E-state index contributed by atoms with van der Waals surface area (Å²) < 4.78 is 0. The molecule has 0 radical (unpaired) electrons. The number of carboxylic acids is 1. The summed E-state index contributed by atoms with van der Waals surface area (Å²) in [6, 6.07) is 0. The van der Waals surface area contributed by atoms with Gasteiger partial charge in [-0.1, -0.05) is 20.8 Å². The predicted octanol–water partition coefficient (Wildman–Crippen LogP) is 3.59. The Morgan fingerprint density at radius 1 is 1.03 bits per heavy atom. The van der Waals surface area contributed by atoms with Gasteiger partial charge in [0.2, 0.25) is 5.91 Å². The largest absolute Gasteiger partial charge is 0.480 e. The van der Waals surface area contributed by atoms with Gasteiger partial charge >= 0.3 is 5.97 Å². The van der Waals surface area contributed by atoms with Crippen LogP contribution < -0.4 is 5.32 Å². The van der Waals surface area contributed by atoms with Crippen molar-refractivity contribution in [3.8, 4) is 0 Å². The summed E-state index contributed by atoms with van der Waals surface area (Å²) >= 11 is 0. The van der Waals surface area contributed by atoms with Crippen LogP contribution in [0, 0.1) is 46.3 Å². The van der Waals surface area contributed by atoms with E-state index in [9.17, 15) is 19.8 Å². The van der Waals surface area contributed by atoms with Gasteiger partial charge in [-0.2, -0.15) is 0 Å². The molecule has 0 aromatic rings. The number of carbonyl (C=O) groups excluding carboxylic acids is 1. The summed E-state index contributed by atoms with van der Waals surface area (Å²) in [5, 5.41) is 33.0. The van der Waals surface area contributed by atoms with Crippen LogP contribution in [0.1, 0.15) is 85.0 Å². The topological polar surface area (TPSA) is 107 Å². The van der Waals surface area contributed by atoms with Crippen molar-refractivity contribution in [3.05, 3.63) is 0 Å². The molecule has 0 bridgehead atoms. The zero-order valence-corrected chi connectivity index (χ0v) is 20.1. The van der Waals surface area contributed by atoms with Gasteiger partial charge in [0.05, 0.1) is 12.2 Å². The SMILES string of the molecule is C[C@H](CCC(=O)NCC(=O)O)[C@@H]1CC[C@@H]2[C@H]3CC[C@H]4C[C@@H](O)CC[C@]4(C)[C@@H]3C[C@@H](O)[C@@]21C. The zero-order valence-electron chi connectivity index (χ0n) is 20.1. The Hall–Kier alpha value is -1.14. The van der Waals surface area contributed by atoms with Crippen molar-refractivity contribution >= 4 is 11.9 Å². The molecule has 4 rings (SSSR count). The van der Waals surface area contributed by atoms with Gasteiger partial charge in [-0.05, 0) is 104 Å². The summed E-state index contributed by atoms with van der Waals surface area (Å²) in [5.41, 5.74) is 0.145. The van der Waals surface area contributed by atoms with Crippen LogP contribution in [0.2, 0.25) is 0 Å². The van der Waals surface area contributed by atoms with Crippen LogP contribution in [-0.2, 0) is 9.59 Å². The highest BCUT2D eigenvalue weighted by Gasteiger charge is 2.63. The molecule has 4 saturated carbocycles. The quantitative estimate of drug-likeness (QED) is 0.496. The lowest BCUT2D eigenvalue weighted by Crippen LogP contribution is -2.58. The molecule has 0 saturated heterocycles. The number of carboxylic acid groups (broad SMARTS) is 1. The standard InChI is InChI=1S/C26H43NO5/c1-15(4-9-23(30)27-14-24(31)32)19-7-8-20-18-6-5-16-12-17(28)10-11-25(16,2)21(18)13-22(29)26(19,20)3/h15-22,28-29H,4-14H2,1-3H3,(H,27,30)(H,31,32)/t15-,16+,17+,18-,19+,20-,21-,22-,25+,26-/m1/s1. The number of nitrogens with one attached hydrogen (secondary N) is 1. The highest BCUT2D eigenvalue weighted by atomic mass is 16.4. The van der Waals surface area contributed by atoms with Gasteiger partial charge < -0.3 is 20.6 Å². The third kappa shape index (κ3) is 4.00. The fraction of sp³-hybridized carbons (Fsp3) is 0.923. The summed E-state index contributed by atoms with van der Waals surface area (Å²) in [6.45, 7) is 6.65. The number of aliphatic hydroxyl groups is 2. The van der Waals surface area contributed by atoms with Crippen molar-refractivity contribution in [2.24, 2.45) is 46.3 Å². The molecule has 4 fully saturated rings. The van der Waals surface area contributed by atoms with Gasteiger partial charge in [-0.15, -0.1) is 0 Å². The van der Waals surface area contributed by atoms with Crippen LogP contribution >= 0.6 is 0 Å². The maximum absolute atomic E-state index is 12.0. The van der Waals surface area contributed by atoms with E-state index in [4.69, 9.17) is 5.11 Å². The molecule has 0 unspecified atom stereocenters. The van der Waals surface area contributed by atoms with Crippen LogP contribution in [0.5, 0.6) is 0 Å². The lowest BCUT2D eigenvalue weighted by molar-refractivity contribution is -0.175. The molecule has 182 valence electrons. The molecule has 6 heteroatoms. The first-order chi connectivity index (χ1) is 15.1. The van der Waals surface area contributed by atoms with E-state index >= 15 is 0 Å². The molecule has 0 spiro atoms. The molecule has 0 aliphatic heterocycles. The predicted molar refractivity (Wildman–Crippen MR) is 122 cm³/mol. The van der Waals surface area contributed by atoms with Gasteiger partial charge in [0.15, 0.2) is 0 Å². The molecule has 32 heavy (non-hydrogen) atoms. The lowest BCUT2D eigenvalue weighted by atomic mass is 9.43. The van der Waals surface area contributed by atoms with Crippen LogP contribution in [0.25, 0.3) is 0 Å². The molecule has 0 aromatic carbocycles. The van der Waals surface area contributed by atoms with Crippen molar-refractivity contribution in [1.29, 1.82) is 0 Å². The van der Waals surface area contributed by atoms with E-state index < -0.39 is 5.97 Å². The first-order valence-corrected chi connectivity index (χ1v) is 12.9. The number of hydrogen-bond acceptors (Lipinski definition) is 4. The maximum Gasteiger partial charge on any atom is 0.322 e. The van der Waals surface area contributed by atoms with Crippen LogP contribution in [0.15, 0.2) is 0 Å². The Morgan fingerprint density at radius 3 is 2.50 bits per heavy atom. The molecule has 4 N–H and O–H groups in total. The van der Waals surface area contributed by atoms with E-state index in [1.165, 1.54) is 12.8 Å². The average Bonchev–Trinajstić information content (AvgIpc) is 3.10. The lowest BCUT2D eigenvalue weighted by Gasteiger charge is -2.62. The fourth-order valence-electron chi connectivity index (χ4n) is 8.98. The molecular formula is C26H43NO5. The van der Waals surface area contributed by atoms with Crippen molar-refractivity contribution < 1.29 is 24.9 Å².